The smallest absolute Gasteiger partial charge is 0.277 e. The fourth-order valence-corrected chi connectivity index (χ4v) is 1.60. The Morgan fingerprint density at radius 3 is 3.00 bits per heavy atom. The Bertz CT molecular complexity index is 493. The molecule has 0 radical (unpaired) electrons. The van der Waals surface area contributed by atoms with Crippen LogP contribution >= 0.6 is 22.9 Å². The zero-order chi connectivity index (χ0) is 10.8. The number of amides is 1. The van der Waals surface area contributed by atoms with E-state index in [-0.39, 0.29) is 11.6 Å². The maximum Gasteiger partial charge on any atom is 0.277 e. The van der Waals surface area contributed by atoms with Gasteiger partial charge in [-0.2, -0.15) is 4.80 Å². The molecule has 0 aliphatic rings. The summed E-state index contributed by atoms with van der Waals surface area (Å²) in [6, 6.07) is 0. The summed E-state index contributed by atoms with van der Waals surface area (Å²) >= 11 is 6.77. The van der Waals surface area contributed by atoms with Gasteiger partial charge < -0.3 is 0 Å². The Balaban J connectivity index is 2.10. The number of nitrogens with zero attached hydrogens (tertiary/aromatic N) is 5. The van der Waals surface area contributed by atoms with Crippen molar-refractivity contribution in [2.24, 2.45) is 7.05 Å². The summed E-state index contributed by atoms with van der Waals surface area (Å²) in [4.78, 5) is 16.5. The van der Waals surface area contributed by atoms with E-state index in [4.69, 9.17) is 11.6 Å². The van der Waals surface area contributed by atoms with Crippen LogP contribution < -0.4 is 5.32 Å². The van der Waals surface area contributed by atoms with E-state index in [1.54, 1.807) is 12.4 Å². The van der Waals surface area contributed by atoms with Crippen molar-refractivity contribution >= 4 is 34.8 Å². The van der Waals surface area contributed by atoms with E-state index < -0.39 is 5.91 Å². The fourth-order valence-electron chi connectivity index (χ4n) is 0.856. The van der Waals surface area contributed by atoms with E-state index in [1.165, 1.54) is 16.1 Å². The van der Waals surface area contributed by atoms with Crippen LogP contribution in [-0.2, 0) is 7.05 Å². The van der Waals surface area contributed by atoms with Gasteiger partial charge in [-0.3, -0.25) is 10.1 Å². The second-order valence-electron chi connectivity index (χ2n) is 2.54. The van der Waals surface area contributed by atoms with Gasteiger partial charge in [0.05, 0.1) is 7.05 Å². The molecule has 0 saturated carbocycles. The minimum Gasteiger partial charge on any atom is -0.286 e. The number of hydrogen-bond donors (Lipinski definition) is 1. The van der Waals surface area contributed by atoms with Gasteiger partial charge in [-0.05, 0) is 5.21 Å². The predicted molar refractivity (Wildman–Crippen MR) is 53.9 cm³/mol. The van der Waals surface area contributed by atoms with Crippen molar-refractivity contribution < 1.29 is 4.79 Å². The molecule has 0 aliphatic heterocycles. The van der Waals surface area contributed by atoms with E-state index in [2.05, 4.69) is 25.7 Å². The summed E-state index contributed by atoms with van der Waals surface area (Å²) in [5.74, 6) is -0.280. The van der Waals surface area contributed by atoms with Gasteiger partial charge in [0, 0.05) is 5.38 Å². The molecule has 0 atom stereocenters. The molecule has 1 N–H and O–H groups in total. The number of tetrazole rings is 1. The molecule has 0 bridgehead atoms. The summed E-state index contributed by atoms with van der Waals surface area (Å²) in [5, 5.41) is 14.9. The van der Waals surface area contributed by atoms with E-state index in [9.17, 15) is 4.79 Å². The molecule has 2 rings (SSSR count). The van der Waals surface area contributed by atoms with E-state index in [0.29, 0.717) is 4.47 Å². The van der Waals surface area contributed by atoms with Crippen LogP contribution in [0.3, 0.4) is 0 Å². The molecule has 0 saturated heterocycles. The van der Waals surface area contributed by atoms with Crippen LogP contribution in [0.1, 0.15) is 10.5 Å². The zero-order valence-electron chi connectivity index (χ0n) is 7.51. The molecule has 0 aliphatic carbocycles. The van der Waals surface area contributed by atoms with Gasteiger partial charge >= 0.3 is 0 Å². The third-order valence-electron chi connectivity index (χ3n) is 1.44. The van der Waals surface area contributed by atoms with Gasteiger partial charge in [-0.15, -0.1) is 16.4 Å². The highest BCUT2D eigenvalue weighted by Crippen LogP contribution is 2.15. The minimum atomic E-state index is -0.411. The average molecular weight is 245 g/mol. The summed E-state index contributed by atoms with van der Waals surface area (Å²) in [5.41, 5.74) is 0.234. The van der Waals surface area contributed by atoms with Crippen LogP contribution in [0.15, 0.2) is 5.38 Å². The molecule has 78 valence electrons. The molecule has 9 heteroatoms. The first-order valence-electron chi connectivity index (χ1n) is 3.81. The topological polar surface area (TPSA) is 85.6 Å². The molecule has 15 heavy (non-hydrogen) atoms. The van der Waals surface area contributed by atoms with Crippen molar-refractivity contribution in [2.75, 3.05) is 5.32 Å². The minimum absolute atomic E-state index is 0.131. The summed E-state index contributed by atoms with van der Waals surface area (Å²) in [6.45, 7) is 0. The monoisotopic (exact) mass is 244 g/mol. The van der Waals surface area contributed by atoms with Crippen LogP contribution in [0, 0.1) is 0 Å². The quantitative estimate of drug-likeness (QED) is 0.835. The number of nitrogens with one attached hydrogen (secondary N) is 1. The highest BCUT2D eigenvalue weighted by atomic mass is 35.5. The summed E-state index contributed by atoms with van der Waals surface area (Å²) < 4.78 is 0.312. The van der Waals surface area contributed by atoms with Crippen molar-refractivity contribution in [3.63, 3.8) is 0 Å². The first-order chi connectivity index (χ1) is 7.15. The number of thiazole rings is 1. The molecule has 2 aromatic heterocycles. The van der Waals surface area contributed by atoms with Crippen LogP contribution in [0.2, 0.25) is 4.47 Å². The number of aromatic nitrogens is 5. The zero-order valence-corrected chi connectivity index (χ0v) is 9.08. The molecule has 0 aromatic carbocycles. The predicted octanol–water partition coefficient (Wildman–Crippen LogP) is 0.572. The second kappa shape index (κ2) is 3.91. The molecule has 0 unspecified atom stereocenters. The van der Waals surface area contributed by atoms with Crippen LogP contribution in [0.25, 0.3) is 0 Å². The average Bonchev–Trinajstić information content (AvgIpc) is 2.75. The van der Waals surface area contributed by atoms with E-state index >= 15 is 0 Å². The lowest BCUT2D eigenvalue weighted by atomic mass is 10.5. The molecule has 2 aromatic rings. The van der Waals surface area contributed by atoms with Gasteiger partial charge in [0.25, 0.3) is 11.9 Å². The van der Waals surface area contributed by atoms with Crippen molar-refractivity contribution in [3.05, 3.63) is 15.5 Å². The fraction of sp³-hybridized carbons (Fsp3) is 0.167. The molecule has 7 nitrogen and oxygen atoms in total. The molecule has 0 spiro atoms. The largest absolute Gasteiger partial charge is 0.286 e. The maximum atomic E-state index is 11.5. The number of hydrogen-bond acceptors (Lipinski definition) is 6. The Morgan fingerprint density at radius 2 is 2.47 bits per heavy atom. The number of carbonyl (C=O) groups is 1. The number of carbonyl (C=O) groups excluding carboxylic acids is 1. The third-order valence-corrected chi connectivity index (χ3v) is 2.42. The summed E-state index contributed by atoms with van der Waals surface area (Å²) in [6.07, 6.45) is 0. The lowest BCUT2D eigenvalue weighted by molar-refractivity contribution is 0.102. The van der Waals surface area contributed by atoms with Crippen molar-refractivity contribution in [1.82, 2.24) is 25.2 Å². The highest BCUT2D eigenvalue weighted by Gasteiger charge is 2.12. The maximum absolute atomic E-state index is 11.5. The van der Waals surface area contributed by atoms with Gasteiger partial charge in [0.1, 0.15) is 5.69 Å². The van der Waals surface area contributed by atoms with Crippen molar-refractivity contribution in [2.45, 2.75) is 0 Å². The number of aryl methyl sites for hydroxylation is 1. The third kappa shape index (κ3) is 2.28. The first-order valence-corrected chi connectivity index (χ1v) is 5.07. The van der Waals surface area contributed by atoms with Crippen molar-refractivity contribution in [1.29, 1.82) is 0 Å². The molecule has 1 amide bonds. The lowest BCUT2D eigenvalue weighted by Crippen LogP contribution is -2.13. The molecular formula is C6H5ClN6OS. The number of halogens is 1. The molecular weight excluding hydrogens is 240 g/mol. The molecule has 0 fully saturated rings. The normalized spacial score (nSPS) is 10.3. The van der Waals surface area contributed by atoms with Crippen LogP contribution in [0.5, 0.6) is 0 Å². The van der Waals surface area contributed by atoms with Gasteiger partial charge in [-0.25, -0.2) is 4.98 Å². The van der Waals surface area contributed by atoms with Gasteiger partial charge in [-0.1, -0.05) is 16.7 Å². The first kappa shape index (κ1) is 9.99. The Hall–Kier alpha value is -1.54. The molecule has 2 heterocycles. The summed E-state index contributed by atoms with van der Waals surface area (Å²) in [7, 11) is 1.60. The Labute approximate surface area is 93.1 Å². The SMILES string of the molecule is Cn1nnc(NC(=O)c2csc(Cl)n2)n1. The van der Waals surface area contributed by atoms with Gasteiger partial charge in [0.2, 0.25) is 0 Å². The van der Waals surface area contributed by atoms with Gasteiger partial charge in [0.15, 0.2) is 4.47 Å². The Kier molecular flexibility index (Phi) is 2.60. The second-order valence-corrected chi connectivity index (χ2v) is 3.98. The van der Waals surface area contributed by atoms with E-state index in [0.717, 1.165) is 0 Å². The standard InChI is InChI=1S/C6H5ClN6OS/c1-13-11-6(10-12-13)9-4(14)3-2-15-5(7)8-3/h2H,1H3,(H,9,11,14). The number of rotatable bonds is 2. The highest BCUT2D eigenvalue weighted by molar-refractivity contribution is 7.14. The Morgan fingerprint density at radius 1 is 1.67 bits per heavy atom. The van der Waals surface area contributed by atoms with E-state index in [1.807, 2.05) is 0 Å². The van der Waals surface area contributed by atoms with Crippen LogP contribution in [-0.4, -0.2) is 31.1 Å². The lowest BCUT2D eigenvalue weighted by Gasteiger charge is -1.94. The van der Waals surface area contributed by atoms with Crippen LogP contribution in [0.4, 0.5) is 5.95 Å². The number of anilines is 1. The van der Waals surface area contributed by atoms with Crippen molar-refractivity contribution in [3.8, 4) is 0 Å².